The van der Waals surface area contributed by atoms with Gasteiger partial charge < -0.3 is 10.2 Å². The second kappa shape index (κ2) is 3.19. The van der Waals surface area contributed by atoms with Crippen LogP contribution in [0.3, 0.4) is 0 Å². The lowest BCUT2D eigenvalue weighted by Crippen LogP contribution is -2.15. The Kier molecular flexibility index (Phi) is 2.14. The van der Waals surface area contributed by atoms with Crippen molar-refractivity contribution in [1.29, 1.82) is 0 Å². The number of hydrogen-bond acceptors (Lipinski definition) is 2. The van der Waals surface area contributed by atoms with Crippen molar-refractivity contribution in [2.24, 2.45) is 11.7 Å². The van der Waals surface area contributed by atoms with Crippen LogP contribution >= 0.6 is 0 Å². The minimum Gasteiger partial charge on any atom is -0.463 e. The van der Waals surface area contributed by atoms with Gasteiger partial charge in [-0.1, -0.05) is 20.8 Å². The topological polar surface area (TPSA) is 39.2 Å². The highest BCUT2D eigenvalue weighted by molar-refractivity contribution is 5.67. The van der Waals surface area contributed by atoms with Gasteiger partial charge in [0.1, 0.15) is 0 Å². The first-order chi connectivity index (χ1) is 6.61. The fraction of sp³-hybridized carbons (Fsp3) is 0.500. The zero-order valence-corrected chi connectivity index (χ0v) is 9.00. The quantitative estimate of drug-likeness (QED) is 0.740. The van der Waals surface area contributed by atoms with E-state index in [9.17, 15) is 0 Å². The summed E-state index contributed by atoms with van der Waals surface area (Å²) in [7, 11) is 0. The number of furan rings is 1. The summed E-state index contributed by atoms with van der Waals surface area (Å²) in [6.45, 7) is 6.59. The summed E-state index contributed by atoms with van der Waals surface area (Å²) in [6, 6.07) is 2.03. The molecule has 0 saturated heterocycles. The van der Waals surface area contributed by atoms with E-state index in [1.54, 1.807) is 6.26 Å². The van der Waals surface area contributed by atoms with Crippen molar-refractivity contribution in [3.05, 3.63) is 29.2 Å². The van der Waals surface area contributed by atoms with Crippen LogP contribution in [0.5, 0.6) is 0 Å². The van der Waals surface area contributed by atoms with Crippen molar-refractivity contribution in [1.82, 2.24) is 0 Å². The molecule has 0 spiro atoms. The smallest absolute Gasteiger partial charge is 0.152 e. The molecule has 0 saturated carbocycles. The lowest BCUT2D eigenvalue weighted by atomic mass is 9.82. The van der Waals surface area contributed by atoms with Gasteiger partial charge in [-0.2, -0.15) is 0 Å². The normalized spacial score (nSPS) is 21.6. The molecule has 1 aliphatic carbocycles. The summed E-state index contributed by atoms with van der Waals surface area (Å²) in [5, 5.41) is 0. The van der Waals surface area contributed by atoms with Gasteiger partial charge in [0.2, 0.25) is 0 Å². The highest BCUT2D eigenvalue weighted by Gasteiger charge is 2.26. The fourth-order valence-electron chi connectivity index (χ4n) is 2.17. The summed E-state index contributed by atoms with van der Waals surface area (Å²) in [4.78, 5) is 0. The van der Waals surface area contributed by atoms with Crippen LogP contribution in [0.4, 0.5) is 0 Å². The van der Waals surface area contributed by atoms with Gasteiger partial charge in [-0.3, -0.25) is 0 Å². The van der Waals surface area contributed by atoms with E-state index >= 15 is 0 Å². The van der Waals surface area contributed by atoms with Crippen LogP contribution < -0.4 is 5.73 Å². The third-order valence-corrected chi connectivity index (χ3v) is 3.04. The van der Waals surface area contributed by atoms with Crippen LogP contribution in [0, 0.1) is 5.92 Å². The van der Waals surface area contributed by atoms with Crippen molar-refractivity contribution in [3.8, 4) is 0 Å². The van der Waals surface area contributed by atoms with Gasteiger partial charge in [0.05, 0.1) is 12.0 Å². The number of hydrogen-bond donors (Lipinski definition) is 1. The summed E-state index contributed by atoms with van der Waals surface area (Å²) >= 11 is 0. The van der Waals surface area contributed by atoms with Crippen molar-refractivity contribution in [2.75, 3.05) is 0 Å². The number of rotatable bonds is 1. The number of nitrogens with two attached hydrogens (primary N) is 1. The fourth-order valence-corrected chi connectivity index (χ4v) is 2.17. The van der Waals surface area contributed by atoms with E-state index in [1.165, 1.54) is 11.1 Å². The van der Waals surface area contributed by atoms with Crippen molar-refractivity contribution < 1.29 is 4.42 Å². The van der Waals surface area contributed by atoms with Gasteiger partial charge in [-0.25, -0.2) is 0 Å². The van der Waals surface area contributed by atoms with Crippen LogP contribution in [0.25, 0.3) is 5.70 Å². The van der Waals surface area contributed by atoms with Crippen LogP contribution in [0.15, 0.2) is 22.3 Å². The van der Waals surface area contributed by atoms with Gasteiger partial charge in [0.25, 0.3) is 0 Å². The van der Waals surface area contributed by atoms with E-state index < -0.39 is 0 Å². The molecule has 76 valence electrons. The van der Waals surface area contributed by atoms with E-state index in [-0.39, 0.29) is 0 Å². The molecule has 0 radical (unpaired) electrons. The zero-order chi connectivity index (χ0) is 10.3. The molecule has 2 rings (SSSR count). The van der Waals surface area contributed by atoms with E-state index in [0.717, 1.165) is 17.9 Å². The highest BCUT2D eigenvalue weighted by atomic mass is 16.3. The first-order valence-corrected chi connectivity index (χ1v) is 5.17. The molecule has 1 aliphatic rings. The van der Waals surface area contributed by atoms with Crippen molar-refractivity contribution in [3.63, 3.8) is 0 Å². The monoisotopic (exact) mass is 191 g/mol. The van der Waals surface area contributed by atoms with Gasteiger partial charge in [-0.15, -0.1) is 0 Å². The highest BCUT2D eigenvalue weighted by Crippen LogP contribution is 2.39. The lowest BCUT2D eigenvalue weighted by Gasteiger charge is -2.24. The summed E-state index contributed by atoms with van der Waals surface area (Å²) in [5.41, 5.74) is 9.53. The molecule has 0 aromatic carbocycles. The Bertz CT molecular complexity index is 373. The van der Waals surface area contributed by atoms with E-state index in [1.807, 2.05) is 6.07 Å². The Hall–Kier alpha value is -1.18. The average Bonchev–Trinajstić information content (AvgIpc) is 2.59. The van der Waals surface area contributed by atoms with Crippen LogP contribution in [0.1, 0.15) is 44.4 Å². The Morgan fingerprint density at radius 3 is 2.86 bits per heavy atom. The van der Waals surface area contributed by atoms with Crippen LogP contribution in [-0.4, -0.2) is 0 Å². The molecule has 14 heavy (non-hydrogen) atoms. The SMILES string of the molecule is CC(C)C1=C(N)c2occc2C(C)C1. The molecule has 2 N–H and O–H groups in total. The van der Waals surface area contributed by atoms with Crippen LogP contribution in [-0.2, 0) is 0 Å². The molecule has 1 unspecified atom stereocenters. The predicted octanol–water partition coefficient (Wildman–Crippen LogP) is 3.11. The Morgan fingerprint density at radius 1 is 1.50 bits per heavy atom. The summed E-state index contributed by atoms with van der Waals surface area (Å²) in [6.07, 6.45) is 2.80. The first kappa shape index (κ1) is 9.38. The predicted molar refractivity (Wildman–Crippen MR) is 57.7 cm³/mol. The minimum atomic E-state index is 0.510. The maximum absolute atomic E-state index is 6.08. The van der Waals surface area contributed by atoms with E-state index in [0.29, 0.717) is 11.8 Å². The molecule has 0 aliphatic heterocycles. The molecule has 2 nitrogen and oxygen atoms in total. The molecular weight excluding hydrogens is 174 g/mol. The zero-order valence-electron chi connectivity index (χ0n) is 9.00. The first-order valence-electron chi connectivity index (χ1n) is 5.17. The van der Waals surface area contributed by atoms with Gasteiger partial charge >= 0.3 is 0 Å². The van der Waals surface area contributed by atoms with Gasteiger partial charge in [0.15, 0.2) is 5.76 Å². The molecule has 1 aromatic rings. The maximum Gasteiger partial charge on any atom is 0.152 e. The molecule has 0 amide bonds. The summed E-state index contributed by atoms with van der Waals surface area (Å²) in [5.74, 6) is 1.94. The summed E-state index contributed by atoms with van der Waals surface area (Å²) < 4.78 is 5.44. The third-order valence-electron chi connectivity index (χ3n) is 3.04. The third kappa shape index (κ3) is 1.26. The molecular formula is C12H17NO. The average molecular weight is 191 g/mol. The Balaban J connectivity index is 2.52. The largest absolute Gasteiger partial charge is 0.463 e. The van der Waals surface area contributed by atoms with E-state index in [4.69, 9.17) is 10.2 Å². The van der Waals surface area contributed by atoms with E-state index in [2.05, 4.69) is 20.8 Å². The molecule has 1 aromatic heterocycles. The molecule has 1 atom stereocenters. The Morgan fingerprint density at radius 2 is 2.21 bits per heavy atom. The van der Waals surface area contributed by atoms with Gasteiger partial charge in [0, 0.05) is 5.56 Å². The van der Waals surface area contributed by atoms with Gasteiger partial charge in [-0.05, 0) is 29.9 Å². The molecule has 2 heteroatoms. The number of fused-ring (bicyclic) bond motifs is 1. The molecule has 0 bridgehead atoms. The minimum absolute atomic E-state index is 0.510. The molecule has 1 heterocycles. The Labute approximate surface area is 84.8 Å². The van der Waals surface area contributed by atoms with Crippen LogP contribution in [0.2, 0.25) is 0 Å². The second-order valence-electron chi connectivity index (χ2n) is 4.40. The second-order valence-corrected chi connectivity index (χ2v) is 4.40. The standard InChI is InChI=1S/C12H17NO/c1-7(2)10-6-8(3)9-4-5-14-12(9)11(10)13/h4-5,7-8H,6,13H2,1-3H3. The maximum atomic E-state index is 6.08. The molecule has 0 fully saturated rings. The van der Waals surface area contributed by atoms with Crippen molar-refractivity contribution in [2.45, 2.75) is 33.1 Å². The lowest BCUT2D eigenvalue weighted by molar-refractivity contribution is 0.529. The number of allylic oxidation sites excluding steroid dienone is 1. The van der Waals surface area contributed by atoms with Crippen molar-refractivity contribution >= 4 is 5.70 Å².